The smallest absolute Gasteiger partial charge is 0.338 e. The van der Waals surface area contributed by atoms with Crippen molar-refractivity contribution in [3.05, 3.63) is 58.1 Å². The molecule has 4 N–H and O–H groups in total. The van der Waals surface area contributed by atoms with Crippen molar-refractivity contribution in [3.63, 3.8) is 0 Å². The van der Waals surface area contributed by atoms with E-state index in [0.717, 1.165) is 10.5 Å². The van der Waals surface area contributed by atoms with E-state index in [1.807, 2.05) is 0 Å². The number of aryl methyl sites for hydroxylation is 1. The van der Waals surface area contributed by atoms with Gasteiger partial charge in [-0.3, -0.25) is 24.5 Å². The molecule has 10 nitrogen and oxygen atoms in total. The second-order valence-corrected chi connectivity index (χ2v) is 9.54. The average molecular weight is 511 g/mol. The zero-order valence-electron chi connectivity index (χ0n) is 19.5. The molecule has 0 aromatic heterocycles. The van der Waals surface area contributed by atoms with Crippen molar-refractivity contribution in [2.24, 2.45) is 17.6 Å². The van der Waals surface area contributed by atoms with Crippen molar-refractivity contribution in [1.82, 2.24) is 5.32 Å². The van der Waals surface area contributed by atoms with Crippen molar-refractivity contribution in [2.45, 2.75) is 31.8 Å². The fraction of sp³-hybridized carbons (Fsp3) is 0.320. The number of rotatable bonds is 5. The van der Waals surface area contributed by atoms with Gasteiger partial charge in [-0.1, -0.05) is 17.7 Å². The number of fused-ring (bicyclic) bond motifs is 4. The van der Waals surface area contributed by atoms with Gasteiger partial charge in [0.05, 0.1) is 40.4 Å². The maximum Gasteiger partial charge on any atom is 0.338 e. The third-order valence-electron chi connectivity index (χ3n) is 6.98. The van der Waals surface area contributed by atoms with Gasteiger partial charge in [0.2, 0.25) is 23.6 Å². The van der Waals surface area contributed by atoms with Gasteiger partial charge in [0, 0.05) is 18.0 Å². The van der Waals surface area contributed by atoms with Gasteiger partial charge in [0.15, 0.2) is 0 Å². The minimum absolute atomic E-state index is 0.205. The molecule has 4 atom stereocenters. The Morgan fingerprint density at radius 2 is 1.83 bits per heavy atom. The Hall–Kier alpha value is -3.76. The van der Waals surface area contributed by atoms with Crippen molar-refractivity contribution in [3.8, 4) is 0 Å². The molecule has 4 amide bonds. The van der Waals surface area contributed by atoms with Crippen LogP contribution in [0.5, 0.6) is 0 Å². The van der Waals surface area contributed by atoms with Gasteiger partial charge >= 0.3 is 5.97 Å². The van der Waals surface area contributed by atoms with Gasteiger partial charge in [0.1, 0.15) is 5.54 Å². The van der Waals surface area contributed by atoms with Gasteiger partial charge in [0.25, 0.3) is 0 Å². The highest BCUT2D eigenvalue weighted by atomic mass is 35.5. The molecule has 3 aliphatic rings. The van der Waals surface area contributed by atoms with Crippen LogP contribution < -0.4 is 21.3 Å². The quantitative estimate of drug-likeness (QED) is 0.409. The maximum atomic E-state index is 13.9. The molecule has 186 valence electrons. The first kappa shape index (κ1) is 24.0. The molecular formula is C25H23ClN4O6. The number of benzene rings is 2. The lowest BCUT2D eigenvalue weighted by Crippen LogP contribution is -2.53. The number of nitrogens with one attached hydrogen (secondary N) is 2. The molecule has 0 unspecified atom stereocenters. The molecule has 2 fully saturated rings. The molecule has 0 aliphatic carbocycles. The van der Waals surface area contributed by atoms with Crippen LogP contribution in [0.25, 0.3) is 0 Å². The Kier molecular flexibility index (Phi) is 5.60. The summed E-state index contributed by atoms with van der Waals surface area (Å²) < 4.78 is 4.98. The SMILES string of the molecule is CCOC(=O)c1ccc(N2C(=O)[C@@H]3[C@H](CC(N)=O)N[C@]4(C(=O)Nc5c(Cl)cc(C)cc54)[C@@H]3C2=O)cc1. The Balaban J connectivity index is 1.61. The predicted octanol–water partition coefficient (Wildman–Crippen LogP) is 1.63. The molecule has 11 heteroatoms. The highest BCUT2D eigenvalue weighted by Crippen LogP contribution is 2.55. The minimum Gasteiger partial charge on any atom is -0.462 e. The van der Waals surface area contributed by atoms with Crippen LogP contribution in [-0.4, -0.2) is 42.2 Å². The van der Waals surface area contributed by atoms with E-state index in [9.17, 15) is 24.0 Å². The van der Waals surface area contributed by atoms with E-state index in [1.54, 1.807) is 26.0 Å². The van der Waals surface area contributed by atoms with E-state index in [0.29, 0.717) is 16.3 Å². The summed E-state index contributed by atoms with van der Waals surface area (Å²) >= 11 is 6.40. The normalized spacial score (nSPS) is 26.2. The van der Waals surface area contributed by atoms with Crippen molar-refractivity contribution < 1.29 is 28.7 Å². The van der Waals surface area contributed by atoms with Crippen LogP contribution in [-0.2, 0) is 29.5 Å². The van der Waals surface area contributed by atoms with Crippen LogP contribution >= 0.6 is 11.6 Å². The van der Waals surface area contributed by atoms with E-state index in [-0.39, 0.29) is 24.3 Å². The largest absolute Gasteiger partial charge is 0.462 e. The lowest BCUT2D eigenvalue weighted by Gasteiger charge is -2.29. The zero-order chi connectivity index (χ0) is 25.9. The Bertz CT molecular complexity index is 1340. The summed E-state index contributed by atoms with van der Waals surface area (Å²) in [7, 11) is 0. The summed E-state index contributed by atoms with van der Waals surface area (Å²) in [4.78, 5) is 65.9. The number of esters is 1. The van der Waals surface area contributed by atoms with E-state index >= 15 is 0 Å². The summed E-state index contributed by atoms with van der Waals surface area (Å²) in [6.07, 6.45) is -0.250. The first-order valence-electron chi connectivity index (χ1n) is 11.4. The van der Waals surface area contributed by atoms with Gasteiger partial charge in [-0.05, 0) is 49.7 Å². The number of imide groups is 1. The second-order valence-electron chi connectivity index (χ2n) is 9.14. The number of ether oxygens (including phenoxy) is 1. The van der Waals surface area contributed by atoms with E-state index in [1.165, 1.54) is 24.3 Å². The standard InChI is InChI=1S/C25H23ClN4O6/c1-3-36-23(34)12-4-6-13(7-5-12)30-21(32)18-16(10-17(27)31)29-25(19(18)22(30)33)14-8-11(2)9-15(26)20(14)28-24(25)35/h4-9,16,18-19,29H,3,10H2,1-2H3,(H2,27,31)(H,28,35)/t16-,18+,19-,25-/m0/s1. The highest BCUT2D eigenvalue weighted by Gasteiger charge is 2.71. The van der Waals surface area contributed by atoms with Crippen LogP contribution in [0.15, 0.2) is 36.4 Å². The van der Waals surface area contributed by atoms with E-state index in [4.69, 9.17) is 22.1 Å². The lowest BCUT2D eigenvalue weighted by atomic mass is 9.76. The van der Waals surface area contributed by atoms with E-state index < -0.39 is 53.0 Å². The first-order valence-corrected chi connectivity index (χ1v) is 11.8. The van der Waals surface area contributed by atoms with E-state index in [2.05, 4.69) is 10.6 Å². The molecule has 0 radical (unpaired) electrons. The number of carbonyl (C=O) groups is 5. The number of halogens is 1. The Morgan fingerprint density at radius 3 is 2.47 bits per heavy atom. The fourth-order valence-electron chi connectivity index (χ4n) is 5.60. The summed E-state index contributed by atoms with van der Waals surface area (Å²) in [5.74, 6) is -5.08. The summed E-state index contributed by atoms with van der Waals surface area (Å²) in [6, 6.07) is 8.42. The highest BCUT2D eigenvalue weighted by molar-refractivity contribution is 6.35. The number of anilines is 2. The first-order chi connectivity index (χ1) is 17.1. The molecule has 36 heavy (non-hydrogen) atoms. The number of carbonyl (C=O) groups excluding carboxylic acids is 5. The molecule has 5 rings (SSSR count). The molecule has 3 heterocycles. The Morgan fingerprint density at radius 1 is 1.14 bits per heavy atom. The minimum atomic E-state index is -1.61. The van der Waals surface area contributed by atoms with Gasteiger partial charge < -0.3 is 15.8 Å². The number of nitrogens with two attached hydrogens (primary N) is 1. The zero-order valence-corrected chi connectivity index (χ0v) is 20.2. The molecule has 0 saturated carbocycles. The van der Waals surface area contributed by atoms with Crippen LogP contribution in [0.3, 0.4) is 0 Å². The number of primary amides is 1. The molecule has 2 aromatic rings. The molecule has 3 aliphatic heterocycles. The van der Waals surface area contributed by atoms with Crippen LogP contribution in [0.4, 0.5) is 11.4 Å². The van der Waals surface area contributed by atoms with Gasteiger partial charge in [-0.15, -0.1) is 0 Å². The van der Waals surface area contributed by atoms with Gasteiger partial charge in [-0.25, -0.2) is 9.69 Å². The van der Waals surface area contributed by atoms with Gasteiger partial charge in [-0.2, -0.15) is 0 Å². The monoisotopic (exact) mass is 510 g/mol. The molecule has 1 spiro atoms. The topological polar surface area (TPSA) is 148 Å². The molecular weight excluding hydrogens is 488 g/mol. The second kappa shape index (κ2) is 8.42. The predicted molar refractivity (Wildman–Crippen MR) is 129 cm³/mol. The summed E-state index contributed by atoms with van der Waals surface area (Å²) in [5.41, 5.74) is 5.91. The van der Waals surface area contributed by atoms with Crippen molar-refractivity contribution in [1.29, 1.82) is 0 Å². The summed E-state index contributed by atoms with van der Waals surface area (Å²) in [6.45, 7) is 3.69. The number of amides is 4. The maximum absolute atomic E-state index is 13.9. The Labute approximate surface area is 211 Å². The number of hydrogen-bond donors (Lipinski definition) is 3. The fourth-order valence-corrected chi connectivity index (χ4v) is 5.92. The lowest BCUT2D eigenvalue weighted by molar-refractivity contribution is -0.130. The van der Waals surface area contributed by atoms with Crippen molar-refractivity contribution >= 4 is 52.6 Å². The summed E-state index contributed by atoms with van der Waals surface area (Å²) in [5, 5.41) is 6.18. The third-order valence-corrected chi connectivity index (χ3v) is 7.28. The molecule has 2 saturated heterocycles. The van der Waals surface area contributed by atoms with Crippen LogP contribution in [0.2, 0.25) is 5.02 Å². The third kappa shape index (κ3) is 3.32. The van der Waals surface area contributed by atoms with Crippen LogP contribution in [0, 0.1) is 18.8 Å². The molecule has 2 aromatic carbocycles. The number of nitrogens with zero attached hydrogens (tertiary/aromatic N) is 1. The average Bonchev–Trinajstić information content (AvgIpc) is 3.39. The molecule has 0 bridgehead atoms. The van der Waals surface area contributed by atoms with Crippen LogP contribution in [0.1, 0.15) is 34.8 Å². The number of hydrogen-bond acceptors (Lipinski definition) is 7. The van der Waals surface area contributed by atoms with Crippen molar-refractivity contribution in [2.75, 3.05) is 16.8 Å².